The van der Waals surface area contributed by atoms with Gasteiger partial charge < -0.3 is 14.6 Å². The highest BCUT2D eigenvalue weighted by molar-refractivity contribution is 5.68. The molecule has 3 heterocycles. The Hall–Kier alpha value is -1.99. The lowest BCUT2D eigenvalue weighted by molar-refractivity contribution is 0.0368. The van der Waals surface area contributed by atoms with Crippen LogP contribution >= 0.6 is 0 Å². The predicted octanol–water partition coefficient (Wildman–Crippen LogP) is 1.57. The maximum atomic E-state index is 5.38. The third-order valence-corrected chi connectivity index (χ3v) is 3.58. The van der Waals surface area contributed by atoms with Crippen LogP contribution in [0.4, 0.5) is 5.82 Å². The third kappa shape index (κ3) is 3.61. The van der Waals surface area contributed by atoms with Crippen LogP contribution in [0.15, 0.2) is 22.9 Å². The molecule has 0 unspecified atom stereocenters. The van der Waals surface area contributed by atoms with Gasteiger partial charge in [-0.25, -0.2) is 4.98 Å². The van der Waals surface area contributed by atoms with Crippen LogP contribution in [0.25, 0.3) is 11.5 Å². The smallest absolute Gasteiger partial charge is 0.261 e. The van der Waals surface area contributed by atoms with Crippen LogP contribution in [0.2, 0.25) is 0 Å². The molecule has 0 radical (unpaired) electrons. The molecule has 1 aliphatic heterocycles. The molecule has 0 saturated carbocycles. The molecule has 1 N–H and O–H groups in total. The SMILES string of the molecule is Cc1noc(-c2cccnc2N[C@@H](C)CN2CCOCC2)n1. The fourth-order valence-electron chi connectivity index (χ4n) is 2.55. The number of aryl methyl sites for hydroxylation is 1. The van der Waals surface area contributed by atoms with Crippen molar-refractivity contribution in [2.45, 2.75) is 19.9 Å². The molecule has 0 spiro atoms. The van der Waals surface area contributed by atoms with Gasteiger partial charge in [0.15, 0.2) is 5.82 Å². The third-order valence-electron chi connectivity index (χ3n) is 3.58. The first-order valence-electron chi connectivity index (χ1n) is 7.54. The van der Waals surface area contributed by atoms with Gasteiger partial charge in [-0.1, -0.05) is 5.16 Å². The minimum Gasteiger partial charge on any atom is -0.379 e. The molecule has 22 heavy (non-hydrogen) atoms. The molecule has 1 saturated heterocycles. The van der Waals surface area contributed by atoms with Gasteiger partial charge >= 0.3 is 0 Å². The number of morpholine rings is 1. The molecule has 1 fully saturated rings. The van der Waals surface area contributed by atoms with Gasteiger partial charge in [0.25, 0.3) is 5.89 Å². The summed E-state index contributed by atoms with van der Waals surface area (Å²) in [5.41, 5.74) is 0.830. The highest BCUT2D eigenvalue weighted by Crippen LogP contribution is 2.24. The first kappa shape index (κ1) is 14.9. The monoisotopic (exact) mass is 303 g/mol. The average Bonchev–Trinajstić information content (AvgIpc) is 2.95. The van der Waals surface area contributed by atoms with Crippen LogP contribution in [0, 0.1) is 6.92 Å². The van der Waals surface area contributed by atoms with E-state index in [1.807, 2.05) is 12.1 Å². The molecule has 1 atom stereocenters. The Labute approximate surface area is 129 Å². The zero-order valence-electron chi connectivity index (χ0n) is 13.0. The molecule has 7 heteroatoms. The summed E-state index contributed by atoms with van der Waals surface area (Å²) >= 11 is 0. The van der Waals surface area contributed by atoms with E-state index in [1.165, 1.54) is 0 Å². The van der Waals surface area contributed by atoms with E-state index in [9.17, 15) is 0 Å². The summed E-state index contributed by atoms with van der Waals surface area (Å²) in [5, 5.41) is 7.29. The average molecular weight is 303 g/mol. The molecule has 0 bridgehead atoms. The largest absolute Gasteiger partial charge is 0.379 e. The number of rotatable bonds is 5. The van der Waals surface area contributed by atoms with Gasteiger partial charge in [0.05, 0.1) is 18.8 Å². The Balaban J connectivity index is 1.69. The normalized spacial score (nSPS) is 17.4. The van der Waals surface area contributed by atoms with Gasteiger partial charge in [-0.15, -0.1) is 0 Å². The Morgan fingerprint density at radius 1 is 1.36 bits per heavy atom. The number of ether oxygens (including phenoxy) is 1. The first-order chi connectivity index (χ1) is 10.7. The van der Waals surface area contributed by atoms with E-state index in [4.69, 9.17) is 9.26 Å². The molecule has 3 rings (SSSR count). The summed E-state index contributed by atoms with van der Waals surface area (Å²) in [6.07, 6.45) is 1.76. The highest BCUT2D eigenvalue weighted by Gasteiger charge is 2.17. The summed E-state index contributed by atoms with van der Waals surface area (Å²) in [7, 11) is 0. The zero-order valence-corrected chi connectivity index (χ0v) is 13.0. The van der Waals surface area contributed by atoms with Crippen molar-refractivity contribution in [3.63, 3.8) is 0 Å². The minimum absolute atomic E-state index is 0.260. The van der Waals surface area contributed by atoms with Crippen molar-refractivity contribution in [2.75, 3.05) is 38.2 Å². The van der Waals surface area contributed by atoms with E-state index in [0.717, 1.165) is 44.2 Å². The second kappa shape index (κ2) is 6.85. The van der Waals surface area contributed by atoms with Crippen molar-refractivity contribution < 1.29 is 9.26 Å². The van der Waals surface area contributed by atoms with Gasteiger partial charge in [0, 0.05) is 31.9 Å². The number of hydrogen-bond donors (Lipinski definition) is 1. The summed E-state index contributed by atoms with van der Waals surface area (Å²) in [6.45, 7) is 8.46. The Morgan fingerprint density at radius 2 is 2.18 bits per heavy atom. The summed E-state index contributed by atoms with van der Waals surface area (Å²) in [5.74, 6) is 1.88. The van der Waals surface area contributed by atoms with Gasteiger partial charge in [0.1, 0.15) is 5.82 Å². The summed E-state index contributed by atoms with van der Waals surface area (Å²) in [6, 6.07) is 4.06. The molecule has 0 aromatic carbocycles. The van der Waals surface area contributed by atoms with Gasteiger partial charge in [-0.3, -0.25) is 4.90 Å². The summed E-state index contributed by atoms with van der Waals surface area (Å²) in [4.78, 5) is 11.1. The topological polar surface area (TPSA) is 76.3 Å². The van der Waals surface area contributed by atoms with E-state index in [0.29, 0.717) is 11.7 Å². The lowest BCUT2D eigenvalue weighted by Gasteiger charge is -2.29. The number of anilines is 1. The van der Waals surface area contributed by atoms with Crippen LogP contribution in [0.5, 0.6) is 0 Å². The highest BCUT2D eigenvalue weighted by atomic mass is 16.5. The molecular formula is C15H21N5O2. The van der Waals surface area contributed by atoms with Gasteiger partial charge in [0.2, 0.25) is 0 Å². The van der Waals surface area contributed by atoms with Crippen molar-refractivity contribution in [3.05, 3.63) is 24.2 Å². The standard InChI is InChI=1S/C15H21N5O2/c1-11(10-20-6-8-21-9-7-20)17-14-13(4-3-5-16-14)15-18-12(2)19-22-15/h3-5,11H,6-10H2,1-2H3,(H,16,17)/t11-/m0/s1. The van der Waals surface area contributed by atoms with Crippen LogP contribution in [0.1, 0.15) is 12.7 Å². The van der Waals surface area contributed by atoms with Gasteiger partial charge in [-0.05, 0) is 26.0 Å². The van der Waals surface area contributed by atoms with Gasteiger partial charge in [-0.2, -0.15) is 4.98 Å². The Kier molecular flexibility index (Phi) is 4.65. The predicted molar refractivity (Wildman–Crippen MR) is 82.6 cm³/mol. The molecule has 1 aliphatic rings. The fourth-order valence-corrected chi connectivity index (χ4v) is 2.55. The molecular weight excluding hydrogens is 282 g/mol. The van der Waals surface area contributed by atoms with E-state index < -0.39 is 0 Å². The lowest BCUT2D eigenvalue weighted by atomic mass is 10.2. The number of nitrogens with zero attached hydrogens (tertiary/aromatic N) is 4. The number of hydrogen-bond acceptors (Lipinski definition) is 7. The Morgan fingerprint density at radius 3 is 2.91 bits per heavy atom. The van der Waals surface area contributed by atoms with Crippen LogP contribution in [0.3, 0.4) is 0 Å². The molecule has 0 aliphatic carbocycles. The van der Waals surface area contributed by atoms with Crippen LogP contribution < -0.4 is 5.32 Å². The van der Waals surface area contributed by atoms with Crippen molar-refractivity contribution in [1.82, 2.24) is 20.0 Å². The zero-order chi connectivity index (χ0) is 15.4. The maximum absolute atomic E-state index is 5.38. The Bertz CT molecular complexity index is 609. The maximum Gasteiger partial charge on any atom is 0.261 e. The number of nitrogens with one attached hydrogen (secondary N) is 1. The molecule has 2 aromatic rings. The summed E-state index contributed by atoms with van der Waals surface area (Å²) < 4.78 is 10.6. The first-order valence-corrected chi connectivity index (χ1v) is 7.54. The van der Waals surface area contributed by atoms with E-state index in [1.54, 1.807) is 13.1 Å². The second-order valence-corrected chi connectivity index (χ2v) is 5.50. The number of aromatic nitrogens is 3. The van der Waals surface area contributed by atoms with E-state index in [-0.39, 0.29) is 6.04 Å². The van der Waals surface area contributed by atoms with Crippen molar-refractivity contribution >= 4 is 5.82 Å². The second-order valence-electron chi connectivity index (χ2n) is 5.50. The fraction of sp³-hybridized carbons (Fsp3) is 0.533. The quantitative estimate of drug-likeness (QED) is 0.898. The van der Waals surface area contributed by atoms with Crippen molar-refractivity contribution in [1.29, 1.82) is 0 Å². The molecule has 7 nitrogen and oxygen atoms in total. The molecule has 118 valence electrons. The van der Waals surface area contributed by atoms with E-state index in [2.05, 4.69) is 32.3 Å². The van der Waals surface area contributed by atoms with Crippen LogP contribution in [-0.2, 0) is 4.74 Å². The van der Waals surface area contributed by atoms with Crippen LogP contribution in [-0.4, -0.2) is 58.9 Å². The minimum atomic E-state index is 0.260. The van der Waals surface area contributed by atoms with E-state index >= 15 is 0 Å². The number of pyridine rings is 1. The molecule has 2 aromatic heterocycles. The molecule has 0 amide bonds. The lowest BCUT2D eigenvalue weighted by Crippen LogP contribution is -2.42. The van der Waals surface area contributed by atoms with Crippen molar-refractivity contribution in [2.24, 2.45) is 0 Å². The van der Waals surface area contributed by atoms with Crippen molar-refractivity contribution in [3.8, 4) is 11.5 Å².